The van der Waals surface area contributed by atoms with Gasteiger partial charge in [-0.3, -0.25) is 0 Å². The molecule has 0 bridgehead atoms. The Morgan fingerprint density at radius 3 is 3.06 bits per heavy atom. The molecule has 0 aliphatic carbocycles. The van der Waals surface area contributed by atoms with Crippen LogP contribution >= 0.6 is 22.7 Å². The Morgan fingerprint density at radius 2 is 2.44 bits per heavy atom. The molecule has 2 aromatic heterocycles. The zero-order valence-electron chi connectivity index (χ0n) is 9.71. The number of aromatic nitrogens is 1. The highest BCUT2D eigenvalue weighted by Crippen LogP contribution is 2.30. The topological polar surface area (TPSA) is 65.8 Å². The van der Waals surface area contributed by atoms with Crippen LogP contribution in [0.3, 0.4) is 0 Å². The lowest BCUT2D eigenvalue weighted by Gasteiger charge is -2.01. The van der Waals surface area contributed by atoms with E-state index in [1.165, 1.54) is 16.2 Å². The molecule has 0 aliphatic heterocycles. The maximum absolute atomic E-state index is 10.5. The molecule has 0 spiro atoms. The number of aryl methyl sites for hydroxylation is 1. The van der Waals surface area contributed by atoms with Gasteiger partial charge in [-0.05, 0) is 19.1 Å². The van der Waals surface area contributed by atoms with Crippen LogP contribution in [0.5, 0.6) is 0 Å². The van der Waals surface area contributed by atoms with Crippen LogP contribution in [0.2, 0.25) is 0 Å². The van der Waals surface area contributed by atoms with Gasteiger partial charge in [-0.1, -0.05) is 0 Å². The van der Waals surface area contributed by atoms with Crippen molar-refractivity contribution in [2.24, 2.45) is 5.92 Å². The summed E-state index contributed by atoms with van der Waals surface area (Å²) < 4.78 is 0. The Labute approximate surface area is 113 Å². The van der Waals surface area contributed by atoms with Crippen molar-refractivity contribution in [3.63, 3.8) is 0 Å². The smallest absolute Gasteiger partial charge is 0.183 e. The highest BCUT2D eigenvalue weighted by Gasteiger charge is 2.09. The maximum Gasteiger partial charge on any atom is 0.183 e. The van der Waals surface area contributed by atoms with E-state index in [4.69, 9.17) is 5.26 Å². The molecule has 1 N–H and O–H groups in total. The average Bonchev–Trinajstić information content (AvgIpc) is 2.99. The minimum Gasteiger partial charge on any atom is -0.360 e. The lowest BCUT2D eigenvalue weighted by atomic mass is 10.2. The molecule has 1 unspecified atom stereocenters. The van der Waals surface area contributed by atoms with E-state index in [0.29, 0.717) is 12.8 Å². The van der Waals surface area contributed by atoms with Crippen LogP contribution in [0.15, 0.2) is 17.5 Å². The van der Waals surface area contributed by atoms with Gasteiger partial charge in [0.2, 0.25) is 0 Å². The van der Waals surface area contributed by atoms with Gasteiger partial charge in [0.25, 0.3) is 0 Å². The molecule has 1 atom stereocenters. The SMILES string of the molecule is Cc1ccc(-c2csc(NCC(C#N)C=O)n2)s1. The molecule has 18 heavy (non-hydrogen) atoms. The van der Waals surface area contributed by atoms with Gasteiger partial charge in [-0.25, -0.2) is 4.98 Å². The summed E-state index contributed by atoms with van der Waals surface area (Å²) >= 11 is 3.17. The monoisotopic (exact) mass is 277 g/mol. The van der Waals surface area contributed by atoms with Crippen molar-refractivity contribution in [1.29, 1.82) is 5.26 Å². The minimum absolute atomic E-state index is 0.302. The molecule has 2 aromatic rings. The standard InChI is InChI=1S/C12H11N3OS2/c1-8-2-3-11(18-8)10-7-17-12(15-10)14-5-9(4-13)6-16/h2-3,6-7,9H,5H2,1H3,(H,14,15). The molecule has 0 radical (unpaired) electrons. The predicted molar refractivity (Wildman–Crippen MR) is 73.8 cm³/mol. The third kappa shape index (κ3) is 2.94. The first-order chi connectivity index (χ1) is 8.72. The van der Waals surface area contributed by atoms with Crippen molar-refractivity contribution in [3.8, 4) is 16.6 Å². The molecular weight excluding hydrogens is 266 g/mol. The number of carbonyl (C=O) groups excluding carboxylic acids is 1. The third-order valence-electron chi connectivity index (χ3n) is 2.30. The molecule has 0 fully saturated rings. The molecule has 2 rings (SSSR count). The zero-order valence-corrected chi connectivity index (χ0v) is 11.3. The van der Waals surface area contributed by atoms with Gasteiger partial charge in [-0.15, -0.1) is 22.7 Å². The summed E-state index contributed by atoms with van der Waals surface area (Å²) in [5, 5.41) is 14.4. The number of nitrogens with zero attached hydrogens (tertiary/aromatic N) is 2. The van der Waals surface area contributed by atoms with Gasteiger partial charge >= 0.3 is 0 Å². The quantitative estimate of drug-likeness (QED) is 0.853. The van der Waals surface area contributed by atoms with E-state index < -0.39 is 5.92 Å². The average molecular weight is 277 g/mol. The second kappa shape index (κ2) is 5.76. The van der Waals surface area contributed by atoms with Crippen LogP contribution in [-0.2, 0) is 4.79 Å². The Bertz CT molecular complexity index is 582. The largest absolute Gasteiger partial charge is 0.360 e. The molecule has 2 heterocycles. The normalized spacial score (nSPS) is 11.8. The third-order valence-corrected chi connectivity index (χ3v) is 4.12. The second-order valence-corrected chi connectivity index (χ2v) is 5.85. The number of anilines is 1. The van der Waals surface area contributed by atoms with Gasteiger partial charge in [0.1, 0.15) is 12.2 Å². The predicted octanol–water partition coefficient (Wildman–Crippen LogP) is 2.93. The second-order valence-electron chi connectivity index (χ2n) is 3.70. The van der Waals surface area contributed by atoms with Crippen molar-refractivity contribution >= 4 is 34.1 Å². The Balaban J connectivity index is 2.03. The van der Waals surface area contributed by atoms with Crippen molar-refractivity contribution in [1.82, 2.24) is 4.98 Å². The van der Waals surface area contributed by atoms with Crippen LogP contribution in [0.1, 0.15) is 4.88 Å². The van der Waals surface area contributed by atoms with E-state index in [0.717, 1.165) is 15.7 Å². The van der Waals surface area contributed by atoms with E-state index in [9.17, 15) is 4.79 Å². The van der Waals surface area contributed by atoms with Gasteiger partial charge < -0.3 is 10.1 Å². The van der Waals surface area contributed by atoms with Gasteiger partial charge in [-0.2, -0.15) is 5.26 Å². The van der Waals surface area contributed by atoms with Crippen molar-refractivity contribution in [2.45, 2.75) is 6.92 Å². The summed E-state index contributed by atoms with van der Waals surface area (Å²) in [7, 11) is 0. The zero-order chi connectivity index (χ0) is 13.0. The fourth-order valence-corrected chi connectivity index (χ4v) is 2.99. The highest BCUT2D eigenvalue weighted by molar-refractivity contribution is 7.16. The number of thiophene rings is 1. The number of thiazole rings is 1. The summed E-state index contributed by atoms with van der Waals surface area (Å²) in [4.78, 5) is 17.3. The Morgan fingerprint density at radius 1 is 1.61 bits per heavy atom. The number of nitrogens with one attached hydrogen (secondary N) is 1. The van der Waals surface area contributed by atoms with Crippen LogP contribution in [0.4, 0.5) is 5.13 Å². The molecule has 0 saturated heterocycles. The molecule has 0 saturated carbocycles. The van der Waals surface area contributed by atoms with Gasteiger partial charge in [0, 0.05) is 16.8 Å². The first kappa shape index (κ1) is 12.7. The molecular formula is C12H11N3OS2. The van der Waals surface area contributed by atoms with E-state index in [2.05, 4.69) is 23.3 Å². The molecule has 92 valence electrons. The van der Waals surface area contributed by atoms with E-state index in [1.807, 2.05) is 17.5 Å². The Hall–Kier alpha value is -1.71. The number of carbonyl (C=O) groups is 1. The number of nitriles is 1. The molecule has 0 amide bonds. The first-order valence-corrected chi connectivity index (χ1v) is 7.03. The molecule has 0 aliphatic rings. The molecule has 4 nitrogen and oxygen atoms in total. The fraction of sp³-hybridized carbons (Fsp3) is 0.250. The van der Waals surface area contributed by atoms with Crippen molar-refractivity contribution in [3.05, 3.63) is 22.4 Å². The summed E-state index contributed by atoms with van der Waals surface area (Å²) in [6, 6.07) is 6.02. The van der Waals surface area contributed by atoms with Crippen molar-refractivity contribution < 1.29 is 4.79 Å². The van der Waals surface area contributed by atoms with Crippen LogP contribution in [-0.4, -0.2) is 17.8 Å². The fourth-order valence-electron chi connectivity index (χ4n) is 1.36. The lowest BCUT2D eigenvalue weighted by molar-refractivity contribution is -0.109. The summed E-state index contributed by atoms with van der Waals surface area (Å²) in [6.07, 6.45) is 0.643. The number of hydrogen-bond acceptors (Lipinski definition) is 6. The van der Waals surface area contributed by atoms with E-state index >= 15 is 0 Å². The van der Waals surface area contributed by atoms with Gasteiger partial charge in [0.05, 0.1) is 16.6 Å². The Kier molecular flexibility index (Phi) is 4.07. The van der Waals surface area contributed by atoms with Gasteiger partial charge in [0.15, 0.2) is 5.13 Å². The highest BCUT2D eigenvalue weighted by atomic mass is 32.1. The van der Waals surface area contributed by atoms with E-state index in [-0.39, 0.29) is 0 Å². The molecule has 6 heteroatoms. The summed E-state index contributed by atoms with van der Waals surface area (Å²) in [6.45, 7) is 2.36. The maximum atomic E-state index is 10.5. The lowest BCUT2D eigenvalue weighted by Crippen LogP contribution is -2.13. The van der Waals surface area contributed by atoms with Crippen LogP contribution in [0, 0.1) is 24.2 Å². The van der Waals surface area contributed by atoms with Crippen molar-refractivity contribution in [2.75, 3.05) is 11.9 Å². The van der Waals surface area contributed by atoms with E-state index in [1.54, 1.807) is 11.3 Å². The number of rotatable bonds is 5. The first-order valence-electron chi connectivity index (χ1n) is 5.34. The van der Waals surface area contributed by atoms with Crippen LogP contribution < -0.4 is 5.32 Å². The van der Waals surface area contributed by atoms with Crippen LogP contribution in [0.25, 0.3) is 10.6 Å². The number of aldehydes is 1. The molecule has 0 aromatic carbocycles. The summed E-state index contributed by atoms with van der Waals surface area (Å²) in [5.41, 5.74) is 0.931. The minimum atomic E-state index is -0.624. The summed E-state index contributed by atoms with van der Waals surface area (Å²) in [5.74, 6) is -0.624. The number of hydrogen-bond donors (Lipinski definition) is 1.